The van der Waals surface area contributed by atoms with E-state index in [0.29, 0.717) is 0 Å². The van der Waals surface area contributed by atoms with Crippen LogP contribution in [0.1, 0.15) is 19.4 Å². The summed E-state index contributed by atoms with van der Waals surface area (Å²) < 4.78 is 24.3. The molecule has 2 aromatic carbocycles. The molecule has 1 N–H and O–H groups in total. The number of allylic oxidation sites excluding steroid dienone is 1. The highest BCUT2D eigenvalue weighted by Crippen LogP contribution is 2.41. The summed E-state index contributed by atoms with van der Waals surface area (Å²) in [4.78, 5) is 2.38. The maximum atomic E-state index is 12.2. The molecule has 0 radical (unpaired) electrons. The third-order valence-electron chi connectivity index (χ3n) is 4.90. The first kappa shape index (κ1) is 18.0. The zero-order valence-corrected chi connectivity index (χ0v) is 15.8. The van der Waals surface area contributed by atoms with Crippen molar-refractivity contribution in [2.75, 3.05) is 17.3 Å². The Kier molecular flexibility index (Phi) is 4.51. The summed E-state index contributed by atoms with van der Waals surface area (Å²) in [5, 5.41) is 13.0. The molecule has 1 unspecified atom stereocenters. The monoisotopic (exact) mass is 367 g/mol. The molecule has 6 heteroatoms. The Morgan fingerprint density at radius 2 is 1.81 bits per heavy atom. The predicted octanol–water partition coefficient (Wildman–Crippen LogP) is 3.66. The van der Waals surface area contributed by atoms with E-state index in [0.717, 1.165) is 28.4 Å². The van der Waals surface area contributed by atoms with Crippen molar-refractivity contribution in [1.29, 1.82) is 5.26 Å². The molecule has 134 valence electrons. The fraction of sp³-hybridized carbons (Fsp3) is 0.250. The molecule has 0 saturated heterocycles. The third kappa shape index (κ3) is 3.06. The zero-order valence-electron chi connectivity index (χ0n) is 15.0. The highest BCUT2D eigenvalue weighted by atomic mass is 32.2. The Labute approximate surface area is 154 Å². The van der Waals surface area contributed by atoms with Gasteiger partial charge in [-0.05, 0) is 29.8 Å². The van der Waals surface area contributed by atoms with E-state index in [1.54, 1.807) is 18.2 Å². The number of hydrogen-bond donors (Lipinski definition) is 1. The van der Waals surface area contributed by atoms with Gasteiger partial charge in [-0.3, -0.25) is 0 Å². The number of nitrogens with one attached hydrogen (secondary N) is 1. The highest BCUT2D eigenvalue weighted by Gasteiger charge is 2.39. The fourth-order valence-corrected chi connectivity index (χ4v) is 4.29. The average molecular weight is 367 g/mol. The van der Waals surface area contributed by atoms with Gasteiger partial charge in [-0.2, -0.15) is 5.26 Å². The number of sulfone groups is 1. The Balaban J connectivity index is 1.90. The maximum Gasteiger partial charge on any atom is 0.200 e. The number of hydrogen-bond acceptors (Lipinski definition) is 5. The minimum Gasteiger partial charge on any atom is -0.363 e. The SMILES string of the molecule is CN1c2ccccc2NC1C(C)(C)c1ccc(S(=O)(=O)C=CC#N)cc1. The number of nitriles is 1. The van der Waals surface area contributed by atoms with E-state index in [1.807, 2.05) is 24.3 Å². The number of para-hydroxylation sites is 2. The molecular formula is C20H21N3O2S. The van der Waals surface area contributed by atoms with Crippen LogP contribution in [0.5, 0.6) is 0 Å². The molecule has 1 aliphatic heterocycles. The summed E-state index contributed by atoms with van der Waals surface area (Å²) >= 11 is 0. The summed E-state index contributed by atoms with van der Waals surface area (Å²) in [6.07, 6.45) is 1.02. The van der Waals surface area contributed by atoms with Crippen molar-refractivity contribution in [2.24, 2.45) is 0 Å². The molecule has 0 aliphatic carbocycles. The molecular weight excluding hydrogens is 346 g/mol. The lowest BCUT2D eigenvalue weighted by Crippen LogP contribution is -2.47. The Morgan fingerprint density at radius 3 is 2.42 bits per heavy atom. The van der Waals surface area contributed by atoms with E-state index in [9.17, 15) is 8.42 Å². The number of anilines is 2. The van der Waals surface area contributed by atoms with Crippen LogP contribution >= 0.6 is 0 Å². The lowest BCUT2D eigenvalue weighted by atomic mass is 9.81. The van der Waals surface area contributed by atoms with Crippen molar-refractivity contribution in [3.8, 4) is 6.07 Å². The number of benzene rings is 2. The first-order valence-electron chi connectivity index (χ1n) is 8.27. The number of fused-ring (bicyclic) bond motifs is 1. The normalized spacial score (nSPS) is 17.0. The van der Waals surface area contributed by atoms with Crippen molar-refractivity contribution >= 4 is 21.2 Å². The quantitative estimate of drug-likeness (QED) is 0.835. The predicted molar refractivity (Wildman–Crippen MR) is 104 cm³/mol. The topological polar surface area (TPSA) is 73.2 Å². The van der Waals surface area contributed by atoms with Gasteiger partial charge in [0.25, 0.3) is 0 Å². The number of likely N-dealkylation sites (N-methyl/N-ethyl adjacent to an activating group) is 1. The second-order valence-corrected chi connectivity index (χ2v) is 8.73. The van der Waals surface area contributed by atoms with Crippen molar-refractivity contribution in [3.05, 3.63) is 65.6 Å². The minimum absolute atomic E-state index is 0.0424. The molecule has 0 spiro atoms. The van der Waals surface area contributed by atoms with Gasteiger partial charge >= 0.3 is 0 Å². The molecule has 3 rings (SSSR count). The van der Waals surface area contributed by atoms with Gasteiger partial charge in [-0.15, -0.1) is 0 Å². The maximum absolute atomic E-state index is 12.2. The minimum atomic E-state index is -3.59. The van der Waals surface area contributed by atoms with Gasteiger partial charge in [-0.1, -0.05) is 38.1 Å². The number of nitrogens with zero attached hydrogens (tertiary/aromatic N) is 2. The average Bonchev–Trinajstić information content (AvgIpc) is 2.98. The van der Waals surface area contributed by atoms with Crippen molar-refractivity contribution in [2.45, 2.75) is 30.3 Å². The van der Waals surface area contributed by atoms with Crippen LogP contribution in [0, 0.1) is 11.3 Å². The van der Waals surface area contributed by atoms with Crippen LogP contribution < -0.4 is 10.2 Å². The molecule has 2 aromatic rings. The van der Waals surface area contributed by atoms with E-state index in [-0.39, 0.29) is 16.5 Å². The van der Waals surface area contributed by atoms with E-state index in [2.05, 4.69) is 43.2 Å². The number of rotatable bonds is 4. The van der Waals surface area contributed by atoms with Crippen molar-refractivity contribution < 1.29 is 8.42 Å². The molecule has 0 bridgehead atoms. The van der Waals surface area contributed by atoms with E-state index < -0.39 is 9.84 Å². The second kappa shape index (κ2) is 6.50. The molecule has 5 nitrogen and oxygen atoms in total. The van der Waals surface area contributed by atoms with Crippen LogP contribution in [0.2, 0.25) is 0 Å². The van der Waals surface area contributed by atoms with Gasteiger partial charge in [0.15, 0.2) is 0 Å². The van der Waals surface area contributed by atoms with Crippen molar-refractivity contribution in [1.82, 2.24) is 0 Å². The third-order valence-corrected chi connectivity index (χ3v) is 6.32. The van der Waals surface area contributed by atoms with Gasteiger partial charge < -0.3 is 10.2 Å². The van der Waals surface area contributed by atoms with Crippen LogP contribution in [0.25, 0.3) is 0 Å². The van der Waals surface area contributed by atoms with Crippen LogP contribution in [-0.4, -0.2) is 21.6 Å². The lowest BCUT2D eigenvalue weighted by molar-refractivity contribution is 0.438. The molecule has 1 atom stereocenters. The van der Waals surface area contributed by atoms with Gasteiger partial charge in [0.1, 0.15) is 6.17 Å². The lowest BCUT2D eigenvalue weighted by Gasteiger charge is -2.37. The standard InChI is InChI=1S/C20H21N3O2S/c1-20(2,19-22-17-7-4-5-8-18(17)23(19)3)15-9-11-16(12-10-15)26(24,25)14-6-13-21/h4-12,14,19,22H,1-3H3. The van der Waals surface area contributed by atoms with Crippen LogP contribution in [0.15, 0.2) is 64.9 Å². The second-order valence-electron chi connectivity index (χ2n) is 6.90. The summed E-state index contributed by atoms with van der Waals surface area (Å²) in [6.45, 7) is 4.26. The Morgan fingerprint density at radius 1 is 1.15 bits per heavy atom. The Hall–Kier alpha value is -2.78. The van der Waals surface area contributed by atoms with Crippen molar-refractivity contribution in [3.63, 3.8) is 0 Å². The molecule has 0 fully saturated rings. The summed E-state index contributed by atoms with van der Waals surface area (Å²) in [5.74, 6) is 0. The van der Waals surface area contributed by atoms with Gasteiger partial charge in [-0.25, -0.2) is 8.42 Å². The first-order chi connectivity index (χ1) is 12.3. The Bertz CT molecular complexity index is 986. The van der Waals surface area contributed by atoms with Gasteiger partial charge in [0.2, 0.25) is 9.84 Å². The molecule has 0 saturated carbocycles. The molecule has 0 aromatic heterocycles. The van der Waals surface area contributed by atoms with Crippen LogP contribution in [-0.2, 0) is 15.3 Å². The summed E-state index contributed by atoms with van der Waals surface area (Å²) in [6, 6.07) is 16.7. The highest BCUT2D eigenvalue weighted by molar-refractivity contribution is 7.94. The van der Waals surface area contributed by atoms with Crippen LogP contribution in [0.4, 0.5) is 11.4 Å². The first-order valence-corrected chi connectivity index (χ1v) is 9.82. The smallest absolute Gasteiger partial charge is 0.200 e. The summed E-state index contributed by atoms with van der Waals surface area (Å²) in [7, 11) is -1.53. The van der Waals surface area contributed by atoms with E-state index in [1.165, 1.54) is 0 Å². The zero-order chi connectivity index (χ0) is 18.9. The van der Waals surface area contributed by atoms with Gasteiger partial charge in [0, 0.05) is 23.9 Å². The molecule has 1 heterocycles. The van der Waals surface area contributed by atoms with E-state index in [4.69, 9.17) is 5.26 Å². The molecule has 1 aliphatic rings. The largest absolute Gasteiger partial charge is 0.363 e. The van der Waals surface area contributed by atoms with E-state index >= 15 is 0 Å². The van der Waals surface area contributed by atoms with Gasteiger partial charge in [0.05, 0.1) is 22.3 Å². The molecule has 0 amide bonds. The fourth-order valence-electron chi connectivity index (χ4n) is 3.38. The van der Waals surface area contributed by atoms with Crippen LogP contribution in [0.3, 0.4) is 0 Å². The molecule has 26 heavy (non-hydrogen) atoms. The summed E-state index contributed by atoms with van der Waals surface area (Å²) in [5.41, 5.74) is 3.00.